The number of ketones is 1. The monoisotopic (exact) mass is 440 g/mol. The van der Waals surface area contributed by atoms with Crippen molar-refractivity contribution >= 4 is 5.78 Å². The number of hydrogen-bond acceptors (Lipinski definition) is 2. The van der Waals surface area contributed by atoms with Gasteiger partial charge in [-0.1, -0.05) is 67.0 Å². The van der Waals surface area contributed by atoms with Gasteiger partial charge in [0.25, 0.3) is 0 Å². The van der Waals surface area contributed by atoms with Gasteiger partial charge < -0.3 is 5.11 Å². The number of carbonyl (C=O) groups excluding carboxylic acids is 1. The molecule has 2 nitrogen and oxygen atoms in total. The summed E-state index contributed by atoms with van der Waals surface area (Å²) in [5.41, 5.74) is 2.63. The lowest BCUT2D eigenvalue weighted by molar-refractivity contribution is -0.187. The Morgan fingerprint density at radius 3 is 2.25 bits per heavy atom. The van der Waals surface area contributed by atoms with Crippen LogP contribution in [0.15, 0.2) is 11.6 Å². The van der Waals surface area contributed by atoms with Crippen LogP contribution < -0.4 is 0 Å². The Bertz CT molecular complexity index is 866. The van der Waals surface area contributed by atoms with Crippen molar-refractivity contribution in [2.45, 2.75) is 119 Å². The van der Waals surface area contributed by atoms with Gasteiger partial charge in [0, 0.05) is 11.8 Å². The van der Waals surface area contributed by atoms with E-state index >= 15 is 0 Å². The average Bonchev–Trinajstić information content (AvgIpc) is 2.68. The summed E-state index contributed by atoms with van der Waals surface area (Å²) < 4.78 is 0. The van der Waals surface area contributed by atoms with Crippen LogP contribution in [0, 0.1) is 50.2 Å². The summed E-state index contributed by atoms with van der Waals surface area (Å²) in [6.07, 6.45) is 12.6. The minimum Gasteiger partial charge on any atom is -0.393 e. The molecule has 0 amide bonds. The van der Waals surface area contributed by atoms with Crippen molar-refractivity contribution in [1.29, 1.82) is 0 Å². The van der Waals surface area contributed by atoms with Crippen molar-refractivity contribution in [3.05, 3.63) is 11.6 Å². The number of rotatable bonds is 0. The molecule has 8 atom stereocenters. The molecule has 4 fully saturated rings. The van der Waals surface area contributed by atoms with Crippen LogP contribution in [-0.4, -0.2) is 17.0 Å². The Balaban J connectivity index is 1.58. The molecule has 180 valence electrons. The number of fused-ring (bicyclic) bond motifs is 7. The average molecular weight is 441 g/mol. The first-order chi connectivity index (χ1) is 14.6. The van der Waals surface area contributed by atoms with E-state index in [9.17, 15) is 9.90 Å². The molecular weight excluding hydrogens is 392 g/mol. The van der Waals surface area contributed by atoms with E-state index in [1.807, 2.05) is 0 Å². The largest absolute Gasteiger partial charge is 0.393 e. The summed E-state index contributed by atoms with van der Waals surface area (Å²) >= 11 is 0. The Hall–Kier alpha value is -0.630. The molecular formula is C30H48O2. The van der Waals surface area contributed by atoms with E-state index in [0.29, 0.717) is 29.0 Å². The summed E-state index contributed by atoms with van der Waals surface area (Å²) in [5, 5.41) is 10.9. The topological polar surface area (TPSA) is 37.3 Å². The summed E-state index contributed by atoms with van der Waals surface area (Å²) in [6, 6.07) is 0. The van der Waals surface area contributed by atoms with Gasteiger partial charge >= 0.3 is 0 Å². The molecule has 1 N–H and O–H groups in total. The molecule has 5 rings (SSSR count). The van der Waals surface area contributed by atoms with E-state index in [2.05, 4.69) is 61.5 Å². The van der Waals surface area contributed by atoms with Crippen molar-refractivity contribution in [1.82, 2.24) is 0 Å². The van der Waals surface area contributed by atoms with Crippen LogP contribution in [0.1, 0.15) is 113 Å². The smallest absolute Gasteiger partial charge is 0.138 e. The van der Waals surface area contributed by atoms with Crippen LogP contribution in [0.3, 0.4) is 0 Å². The molecule has 8 unspecified atom stereocenters. The summed E-state index contributed by atoms with van der Waals surface area (Å²) in [6.45, 7) is 19.3. The molecule has 5 aliphatic rings. The fourth-order valence-electron chi connectivity index (χ4n) is 10.4. The van der Waals surface area contributed by atoms with Gasteiger partial charge in [0.15, 0.2) is 0 Å². The second-order valence-electron chi connectivity index (χ2n) is 15.1. The Kier molecular flexibility index (Phi) is 4.71. The lowest BCUT2D eigenvalue weighted by Gasteiger charge is -2.71. The maximum absolute atomic E-state index is 12.9. The van der Waals surface area contributed by atoms with Crippen LogP contribution in [0.5, 0.6) is 0 Å². The predicted molar refractivity (Wildman–Crippen MR) is 131 cm³/mol. The van der Waals surface area contributed by atoms with Crippen molar-refractivity contribution in [2.24, 2.45) is 50.2 Å². The Morgan fingerprint density at radius 1 is 0.875 bits per heavy atom. The van der Waals surface area contributed by atoms with E-state index in [1.54, 1.807) is 5.57 Å². The number of carbonyl (C=O) groups is 1. The third kappa shape index (κ3) is 2.65. The lowest BCUT2D eigenvalue weighted by Crippen LogP contribution is -2.64. The molecule has 2 heteroatoms. The van der Waals surface area contributed by atoms with Gasteiger partial charge in [-0.25, -0.2) is 0 Å². The summed E-state index contributed by atoms with van der Waals surface area (Å²) in [5.74, 6) is 2.29. The van der Waals surface area contributed by atoms with Crippen molar-refractivity contribution in [3.8, 4) is 0 Å². The minimum atomic E-state index is -0.183. The lowest BCUT2D eigenvalue weighted by atomic mass is 9.33. The highest BCUT2D eigenvalue weighted by atomic mass is 16.3. The number of aliphatic hydroxyl groups is 1. The van der Waals surface area contributed by atoms with Crippen LogP contribution >= 0.6 is 0 Å². The molecule has 5 aliphatic carbocycles. The van der Waals surface area contributed by atoms with E-state index in [0.717, 1.165) is 25.7 Å². The van der Waals surface area contributed by atoms with Crippen LogP contribution in [0.4, 0.5) is 0 Å². The quantitative estimate of drug-likeness (QED) is 0.400. The zero-order valence-corrected chi connectivity index (χ0v) is 22.1. The molecule has 0 heterocycles. The molecule has 0 radical (unpaired) electrons. The van der Waals surface area contributed by atoms with E-state index in [4.69, 9.17) is 0 Å². The van der Waals surface area contributed by atoms with E-state index in [1.165, 1.54) is 32.1 Å². The van der Waals surface area contributed by atoms with Crippen LogP contribution in [0.2, 0.25) is 0 Å². The fraction of sp³-hybridized carbons (Fsp3) is 0.900. The molecule has 32 heavy (non-hydrogen) atoms. The predicted octanol–water partition coefficient (Wildman–Crippen LogP) is 7.35. The standard InChI is InChI=1S/C30H48O2/c1-25(2)17-20-19-9-10-22-28(6)13-12-23(31)26(3,4)21(28)11-14-30(22,8)29(19,7)16-15-27(20,5)18-24(25)32/h9,20-22,24,32H,10-18H2,1-8H3. The van der Waals surface area contributed by atoms with Gasteiger partial charge in [0.05, 0.1) is 6.10 Å². The molecule has 4 saturated carbocycles. The normalized spacial score (nSPS) is 53.9. The molecule has 0 aromatic heterocycles. The first-order valence-electron chi connectivity index (χ1n) is 13.5. The molecule has 0 saturated heterocycles. The van der Waals surface area contributed by atoms with Gasteiger partial charge in [-0.15, -0.1) is 0 Å². The fourth-order valence-corrected chi connectivity index (χ4v) is 10.4. The Morgan fingerprint density at radius 2 is 1.56 bits per heavy atom. The van der Waals surface area contributed by atoms with Crippen LogP contribution in [-0.2, 0) is 4.79 Å². The molecule has 0 bridgehead atoms. The molecule has 0 aliphatic heterocycles. The highest BCUT2D eigenvalue weighted by Crippen LogP contribution is 2.75. The van der Waals surface area contributed by atoms with Crippen molar-refractivity contribution < 1.29 is 9.90 Å². The highest BCUT2D eigenvalue weighted by molar-refractivity contribution is 5.85. The second-order valence-corrected chi connectivity index (χ2v) is 15.1. The SMILES string of the molecule is CC1(C)CC2C3=CCC4C5(C)CCC(=O)C(C)(C)C5CCC4(C)C3(C)CCC2(C)CC1O. The zero-order valence-electron chi connectivity index (χ0n) is 22.1. The number of hydrogen-bond donors (Lipinski definition) is 1. The van der Waals surface area contributed by atoms with Crippen molar-refractivity contribution in [3.63, 3.8) is 0 Å². The zero-order chi connectivity index (χ0) is 23.5. The van der Waals surface area contributed by atoms with Crippen LogP contribution in [0.25, 0.3) is 0 Å². The van der Waals surface area contributed by atoms with Gasteiger partial charge in [0.1, 0.15) is 5.78 Å². The first kappa shape index (κ1) is 23.1. The maximum Gasteiger partial charge on any atom is 0.138 e. The van der Waals surface area contributed by atoms with Gasteiger partial charge in [0.2, 0.25) is 0 Å². The summed E-state index contributed by atoms with van der Waals surface area (Å²) in [4.78, 5) is 12.9. The number of Topliss-reactive ketones (excluding diaryl/α,β-unsaturated/α-hetero) is 1. The maximum atomic E-state index is 12.9. The number of allylic oxidation sites excluding steroid dienone is 2. The van der Waals surface area contributed by atoms with Gasteiger partial charge in [-0.05, 0) is 96.2 Å². The minimum absolute atomic E-state index is 0.00157. The third-order valence-corrected chi connectivity index (χ3v) is 13.0. The van der Waals surface area contributed by atoms with Crippen molar-refractivity contribution in [2.75, 3.05) is 0 Å². The molecule has 0 spiro atoms. The first-order valence-corrected chi connectivity index (χ1v) is 13.5. The Labute approximate surface area is 197 Å². The van der Waals surface area contributed by atoms with E-state index in [-0.39, 0.29) is 33.2 Å². The summed E-state index contributed by atoms with van der Waals surface area (Å²) in [7, 11) is 0. The molecule has 0 aromatic rings. The highest BCUT2D eigenvalue weighted by Gasteiger charge is 2.68. The van der Waals surface area contributed by atoms with Gasteiger partial charge in [-0.3, -0.25) is 4.79 Å². The van der Waals surface area contributed by atoms with E-state index < -0.39 is 0 Å². The molecule has 0 aromatic carbocycles. The number of aliphatic hydroxyl groups excluding tert-OH is 1. The second kappa shape index (κ2) is 6.52. The van der Waals surface area contributed by atoms with Gasteiger partial charge in [-0.2, -0.15) is 0 Å². The third-order valence-electron chi connectivity index (χ3n) is 13.0.